The molecule has 0 spiro atoms. The van der Waals surface area contributed by atoms with Crippen molar-refractivity contribution in [1.82, 2.24) is 10.3 Å². The van der Waals surface area contributed by atoms with Gasteiger partial charge in [0, 0.05) is 21.7 Å². The van der Waals surface area contributed by atoms with E-state index < -0.39 is 10.0 Å². The van der Waals surface area contributed by atoms with Crippen molar-refractivity contribution in [3.63, 3.8) is 0 Å². The predicted molar refractivity (Wildman–Crippen MR) is 88.7 cm³/mol. The van der Waals surface area contributed by atoms with Crippen LogP contribution in [0.15, 0.2) is 16.3 Å². The molecule has 0 saturated carbocycles. The molecule has 0 bridgehead atoms. The highest BCUT2D eigenvalue weighted by Crippen LogP contribution is 2.28. The number of thiophene rings is 1. The average molecular weight is 346 g/mol. The van der Waals surface area contributed by atoms with E-state index in [1.54, 1.807) is 6.07 Å². The SMILES string of the molecule is CCCNCc1cc(S(=O)(=O)Nc2nc(C)cs2)c(C)s1. The largest absolute Gasteiger partial charge is 0.312 e. The molecule has 8 heteroatoms. The third kappa shape index (κ3) is 4.26. The minimum atomic E-state index is -3.56. The van der Waals surface area contributed by atoms with E-state index in [2.05, 4.69) is 21.9 Å². The third-order valence-corrected chi connectivity index (χ3v) is 6.43. The fourth-order valence-electron chi connectivity index (χ4n) is 1.84. The van der Waals surface area contributed by atoms with Crippen LogP contribution in [0.4, 0.5) is 5.13 Å². The second-order valence-electron chi connectivity index (χ2n) is 4.71. The van der Waals surface area contributed by atoms with Crippen LogP contribution in [0.5, 0.6) is 0 Å². The summed E-state index contributed by atoms with van der Waals surface area (Å²) >= 11 is 2.80. The van der Waals surface area contributed by atoms with Crippen LogP contribution in [0.3, 0.4) is 0 Å². The van der Waals surface area contributed by atoms with E-state index in [1.165, 1.54) is 22.7 Å². The van der Waals surface area contributed by atoms with Crippen LogP contribution >= 0.6 is 22.7 Å². The molecule has 2 rings (SSSR count). The van der Waals surface area contributed by atoms with Crippen LogP contribution in [-0.4, -0.2) is 19.9 Å². The van der Waals surface area contributed by atoms with Gasteiger partial charge in [-0.05, 0) is 32.9 Å². The summed E-state index contributed by atoms with van der Waals surface area (Å²) in [6.45, 7) is 7.39. The number of aryl methyl sites for hydroxylation is 2. The van der Waals surface area contributed by atoms with Gasteiger partial charge in [0.1, 0.15) is 4.90 Å². The molecule has 21 heavy (non-hydrogen) atoms. The first-order valence-corrected chi connectivity index (χ1v) is 9.85. The Hall–Kier alpha value is -0.960. The minimum absolute atomic E-state index is 0.341. The number of sulfonamides is 1. The maximum absolute atomic E-state index is 12.4. The fourth-order valence-corrected chi connectivity index (χ4v) is 5.38. The quantitative estimate of drug-likeness (QED) is 0.756. The van der Waals surface area contributed by atoms with Gasteiger partial charge in [-0.2, -0.15) is 0 Å². The van der Waals surface area contributed by atoms with Crippen molar-refractivity contribution in [2.75, 3.05) is 11.3 Å². The first-order chi connectivity index (χ1) is 9.92. The molecule has 2 aromatic heterocycles. The van der Waals surface area contributed by atoms with Crippen molar-refractivity contribution in [2.45, 2.75) is 38.6 Å². The highest BCUT2D eigenvalue weighted by Gasteiger charge is 2.21. The first-order valence-electron chi connectivity index (χ1n) is 6.67. The number of hydrogen-bond acceptors (Lipinski definition) is 6. The van der Waals surface area contributed by atoms with E-state index >= 15 is 0 Å². The van der Waals surface area contributed by atoms with E-state index in [-0.39, 0.29) is 0 Å². The second-order valence-corrected chi connectivity index (χ2v) is 8.56. The number of thiazole rings is 1. The van der Waals surface area contributed by atoms with Gasteiger partial charge in [0.2, 0.25) is 0 Å². The van der Waals surface area contributed by atoms with Gasteiger partial charge < -0.3 is 5.32 Å². The smallest absolute Gasteiger partial charge is 0.264 e. The Morgan fingerprint density at radius 1 is 1.33 bits per heavy atom. The molecule has 0 amide bonds. The molecule has 116 valence electrons. The molecule has 0 radical (unpaired) electrons. The van der Waals surface area contributed by atoms with Crippen molar-refractivity contribution >= 4 is 37.8 Å². The molecule has 0 unspecified atom stereocenters. The van der Waals surface area contributed by atoms with Crippen LogP contribution in [0, 0.1) is 13.8 Å². The minimum Gasteiger partial charge on any atom is -0.312 e. The summed E-state index contributed by atoms with van der Waals surface area (Å²) in [6, 6.07) is 1.74. The number of rotatable bonds is 7. The highest BCUT2D eigenvalue weighted by molar-refractivity contribution is 7.93. The number of nitrogens with zero attached hydrogens (tertiary/aromatic N) is 1. The van der Waals surface area contributed by atoms with Crippen molar-refractivity contribution in [3.8, 4) is 0 Å². The third-order valence-electron chi connectivity index (χ3n) is 2.78. The summed E-state index contributed by atoms with van der Waals surface area (Å²) in [4.78, 5) is 6.30. The molecule has 0 fully saturated rings. The highest BCUT2D eigenvalue weighted by atomic mass is 32.2. The lowest BCUT2D eigenvalue weighted by Gasteiger charge is -2.03. The van der Waals surface area contributed by atoms with Gasteiger partial charge >= 0.3 is 0 Å². The molecule has 2 aromatic rings. The van der Waals surface area contributed by atoms with Gasteiger partial charge in [0.25, 0.3) is 10.0 Å². The van der Waals surface area contributed by atoms with E-state index in [0.717, 1.165) is 28.4 Å². The monoisotopic (exact) mass is 345 g/mol. The van der Waals surface area contributed by atoms with Gasteiger partial charge in [-0.3, -0.25) is 4.72 Å². The van der Waals surface area contributed by atoms with Gasteiger partial charge in [0.05, 0.1) is 5.69 Å². The molecule has 0 aliphatic rings. The van der Waals surface area contributed by atoms with Gasteiger partial charge in [-0.1, -0.05) is 6.92 Å². The topological polar surface area (TPSA) is 71.1 Å². The lowest BCUT2D eigenvalue weighted by molar-refractivity contribution is 0.601. The van der Waals surface area contributed by atoms with E-state index in [1.807, 2.05) is 19.2 Å². The van der Waals surface area contributed by atoms with Crippen LogP contribution in [0.25, 0.3) is 0 Å². The van der Waals surface area contributed by atoms with Crippen molar-refractivity contribution in [2.24, 2.45) is 0 Å². The van der Waals surface area contributed by atoms with E-state index in [0.29, 0.717) is 16.6 Å². The molecule has 0 aliphatic heterocycles. The Labute approximate surface area is 133 Å². The maximum atomic E-state index is 12.4. The molecule has 0 aromatic carbocycles. The lowest BCUT2D eigenvalue weighted by Crippen LogP contribution is -2.14. The van der Waals surface area contributed by atoms with Crippen LogP contribution in [0.1, 0.15) is 28.8 Å². The molecule has 5 nitrogen and oxygen atoms in total. The summed E-state index contributed by atoms with van der Waals surface area (Å²) < 4.78 is 27.4. The Morgan fingerprint density at radius 3 is 2.71 bits per heavy atom. The average Bonchev–Trinajstić information content (AvgIpc) is 2.96. The van der Waals surface area contributed by atoms with Gasteiger partial charge in [0.15, 0.2) is 5.13 Å². The molecule has 0 saturated heterocycles. The van der Waals surface area contributed by atoms with E-state index in [9.17, 15) is 8.42 Å². The molecule has 2 heterocycles. The predicted octanol–water partition coefficient (Wildman–Crippen LogP) is 3.12. The second kappa shape index (κ2) is 6.87. The Kier molecular flexibility index (Phi) is 5.37. The van der Waals surface area contributed by atoms with Crippen LogP contribution in [0.2, 0.25) is 0 Å². The number of anilines is 1. The molecular formula is C13H19N3O2S3. The lowest BCUT2D eigenvalue weighted by atomic mass is 10.4. The molecular weight excluding hydrogens is 326 g/mol. The number of hydrogen-bond donors (Lipinski definition) is 2. The summed E-state index contributed by atoms with van der Waals surface area (Å²) in [5.74, 6) is 0. The van der Waals surface area contributed by atoms with Crippen molar-refractivity contribution in [3.05, 3.63) is 26.9 Å². The Bertz CT molecular complexity index is 704. The molecule has 2 N–H and O–H groups in total. The Morgan fingerprint density at radius 2 is 2.10 bits per heavy atom. The van der Waals surface area contributed by atoms with Crippen molar-refractivity contribution in [1.29, 1.82) is 0 Å². The van der Waals surface area contributed by atoms with Crippen molar-refractivity contribution < 1.29 is 8.42 Å². The summed E-state index contributed by atoms with van der Waals surface area (Å²) in [7, 11) is -3.56. The maximum Gasteiger partial charge on any atom is 0.264 e. The number of nitrogens with one attached hydrogen (secondary N) is 2. The Balaban J connectivity index is 2.16. The van der Waals surface area contributed by atoms with Crippen LogP contribution < -0.4 is 10.0 Å². The normalized spacial score (nSPS) is 11.8. The van der Waals surface area contributed by atoms with Crippen LogP contribution in [-0.2, 0) is 16.6 Å². The molecule has 0 aliphatic carbocycles. The summed E-state index contributed by atoms with van der Waals surface area (Å²) in [5.41, 5.74) is 0.809. The first kappa shape index (κ1) is 16.4. The number of aromatic nitrogens is 1. The van der Waals surface area contributed by atoms with Gasteiger partial charge in [-0.25, -0.2) is 13.4 Å². The summed E-state index contributed by atoms with van der Waals surface area (Å²) in [6.07, 6.45) is 1.06. The zero-order valence-electron chi connectivity index (χ0n) is 12.3. The standard InChI is InChI=1S/C13H19N3O2S3/c1-4-5-14-7-11-6-12(10(3)20-11)21(17,18)16-13-15-9(2)8-19-13/h6,8,14H,4-5,7H2,1-3H3,(H,15,16). The zero-order valence-corrected chi connectivity index (χ0v) is 14.7. The summed E-state index contributed by atoms with van der Waals surface area (Å²) in [5, 5.41) is 5.51. The zero-order chi connectivity index (χ0) is 15.5. The molecule has 0 atom stereocenters. The fraction of sp³-hybridized carbons (Fsp3) is 0.462. The van der Waals surface area contributed by atoms with E-state index in [4.69, 9.17) is 0 Å². The van der Waals surface area contributed by atoms with Gasteiger partial charge in [-0.15, -0.1) is 22.7 Å².